The summed E-state index contributed by atoms with van der Waals surface area (Å²) in [5.74, 6) is 0.244. The Morgan fingerprint density at radius 3 is 3.00 bits per heavy atom. The Bertz CT molecular complexity index is 395. The van der Waals surface area contributed by atoms with Crippen LogP contribution in [0.1, 0.15) is 4.88 Å². The van der Waals surface area contributed by atoms with Crippen LogP contribution in [0.15, 0.2) is 15.9 Å². The second-order valence-electron chi connectivity index (χ2n) is 3.29. The molecule has 7 heteroatoms. The summed E-state index contributed by atoms with van der Waals surface area (Å²) in [5.41, 5.74) is 0. The van der Waals surface area contributed by atoms with E-state index in [9.17, 15) is 9.00 Å². The lowest BCUT2D eigenvalue weighted by atomic mass is 10.4. The highest BCUT2D eigenvalue weighted by molar-refractivity contribution is 9.10. The molecule has 17 heavy (non-hydrogen) atoms. The quantitative estimate of drug-likeness (QED) is 0.819. The van der Waals surface area contributed by atoms with Gasteiger partial charge in [0.15, 0.2) is 0 Å². The molecule has 0 aliphatic rings. The SMILES string of the molecule is COCC[S@@](=O)CC(=O)NCc1cc(Br)cs1. The van der Waals surface area contributed by atoms with E-state index >= 15 is 0 Å². The third-order valence-electron chi connectivity index (χ3n) is 1.89. The molecular weight excluding hydrogens is 326 g/mol. The van der Waals surface area contributed by atoms with Gasteiger partial charge in [-0.2, -0.15) is 0 Å². The highest BCUT2D eigenvalue weighted by atomic mass is 79.9. The molecule has 0 aliphatic heterocycles. The van der Waals surface area contributed by atoms with Crippen LogP contribution < -0.4 is 5.32 Å². The Balaban J connectivity index is 2.23. The minimum Gasteiger partial charge on any atom is -0.384 e. The number of rotatable bonds is 7. The van der Waals surface area contributed by atoms with E-state index in [0.717, 1.165) is 9.35 Å². The van der Waals surface area contributed by atoms with Gasteiger partial charge in [-0.3, -0.25) is 9.00 Å². The molecule has 0 fully saturated rings. The average Bonchev–Trinajstić information content (AvgIpc) is 2.70. The maximum Gasteiger partial charge on any atom is 0.232 e. The molecule has 1 atom stereocenters. The van der Waals surface area contributed by atoms with Gasteiger partial charge in [-0.05, 0) is 22.0 Å². The summed E-state index contributed by atoms with van der Waals surface area (Å²) in [5, 5.41) is 4.69. The van der Waals surface area contributed by atoms with Gasteiger partial charge < -0.3 is 10.1 Å². The molecule has 1 rings (SSSR count). The van der Waals surface area contributed by atoms with Crippen molar-refractivity contribution in [2.75, 3.05) is 25.2 Å². The highest BCUT2D eigenvalue weighted by Gasteiger charge is 2.08. The molecule has 0 aliphatic carbocycles. The van der Waals surface area contributed by atoms with Gasteiger partial charge >= 0.3 is 0 Å². The molecule has 1 amide bonds. The Kier molecular flexibility index (Phi) is 6.94. The number of hydrogen-bond donors (Lipinski definition) is 1. The number of methoxy groups -OCH3 is 1. The molecule has 96 valence electrons. The smallest absolute Gasteiger partial charge is 0.232 e. The van der Waals surface area contributed by atoms with Crippen molar-refractivity contribution < 1.29 is 13.7 Å². The van der Waals surface area contributed by atoms with Gasteiger partial charge in [0.2, 0.25) is 5.91 Å². The molecule has 0 unspecified atom stereocenters. The third kappa shape index (κ3) is 6.30. The summed E-state index contributed by atoms with van der Waals surface area (Å²) in [6.07, 6.45) is 0. The summed E-state index contributed by atoms with van der Waals surface area (Å²) in [7, 11) is 0.402. The Morgan fingerprint density at radius 1 is 1.65 bits per heavy atom. The molecule has 1 N–H and O–H groups in total. The maximum absolute atomic E-state index is 11.4. The first-order chi connectivity index (χ1) is 8.11. The first-order valence-electron chi connectivity index (χ1n) is 4.95. The highest BCUT2D eigenvalue weighted by Crippen LogP contribution is 2.19. The molecule has 0 aromatic carbocycles. The fraction of sp³-hybridized carbons (Fsp3) is 0.500. The maximum atomic E-state index is 11.4. The van der Waals surface area contributed by atoms with Crippen molar-refractivity contribution in [3.8, 4) is 0 Å². The summed E-state index contributed by atoms with van der Waals surface area (Å²) in [4.78, 5) is 12.5. The fourth-order valence-corrected chi connectivity index (χ4v) is 3.36. The lowest BCUT2D eigenvalue weighted by molar-refractivity contribution is -0.118. The first-order valence-corrected chi connectivity index (χ1v) is 8.11. The van der Waals surface area contributed by atoms with Gasteiger partial charge in [-0.15, -0.1) is 11.3 Å². The minimum atomic E-state index is -1.15. The second-order valence-corrected chi connectivity index (χ2v) is 6.78. The van der Waals surface area contributed by atoms with E-state index < -0.39 is 10.8 Å². The number of thiophene rings is 1. The largest absolute Gasteiger partial charge is 0.384 e. The zero-order valence-corrected chi connectivity index (χ0v) is 12.6. The van der Waals surface area contributed by atoms with Crippen LogP contribution in [-0.4, -0.2) is 35.3 Å². The van der Waals surface area contributed by atoms with Crippen molar-refractivity contribution in [2.45, 2.75) is 6.54 Å². The second kappa shape index (κ2) is 7.97. The van der Waals surface area contributed by atoms with Crippen LogP contribution in [0.4, 0.5) is 0 Å². The summed E-state index contributed by atoms with van der Waals surface area (Å²) < 4.78 is 17.2. The molecule has 0 saturated carbocycles. The monoisotopic (exact) mass is 339 g/mol. The van der Waals surface area contributed by atoms with E-state index in [0.29, 0.717) is 18.9 Å². The van der Waals surface area contributed by atoms with Crippen molar-refractivity contribution in [3.05, 3.63) is 20.8 Å². The van der Waals surface area contributed by atoms with Crippen LogP contribution in [-0.2, 0) is 26.9 Å². The van der Waals surface area contributed by atoms with Crippen LogP contribution >= 0.6 is 27.3 Å². The van der Waals surface area contributed by atoms with Gasteiger partial charge in [-0.1, -0.05) is 0 Å². The van der Waals surface area contributed by atoms with E-state index in [-0.39, 0.29) is 11.7 Å². The van der Waals surface area contributed by atoms with Crippen LogP contribution in [0.3, 0.4) is 0 Å². The Labute approximate surface area is 115 Å². The molecule has 0 spiro atoms. The number of hydrogen-bond acceptors (Lipinski definition) is 4. The zero-order chi connectivity index (χ0) is 12.7. The van der Waals surface area contributed by atoms with Crippen molar-refractivity contribution in [1.82, 2.24) is 5.32 Å². The predicted octanol–water partition coefficient (Wildman–Crippen LogP) is 1.52. The molecule has 4 nitrogen and oxygen atoms in total. The number of amides is 1. The molecule has 1 aromatic heterocycles. The van der Waals surface area contributed by atoms with Crippen LogP contribution in [0.2, 0.25) is 0 Å². The Hall–Kier alpha value is -0.240. The number of halogens is 1. The zero-order valence-electron chi connectivity index (χ0n) is 9.40. The lowest BCUT2D eigenvalue weighted by Crippen LogP contribution is -2.28. The van der Waals surface area contributed by atoms with Gasteiger partial charge in [0.05, 0.1) is 13.2 Å². The summed E-state index contributed by atoms with van der Waals surface area (Å²) in [6, 6.07) is 1.95. The topological polar surface area (TPSA) is 55.4 Å². The minimum absolute atomic E-state index is 0.0376. The van der Waals surface area contributed by atoms with E-state index in [2.05, 4.69) is 21.2 Å². The normalized spacial score (nSPS) is 12.4. The van der Waals surface area contributed by atoms with Crippen molar-refractivity contribution in [1.29, 1.82) is 0 Å². The van der Waals surface area contributed by atoms with Gasteiger partial charge in [0, 0.05) is 38.4 Å². The van der Waals surface area contributed by atoms with E-state index in [4.69, 9.17) is 4.74 Å². The number of carbonyl (C=O) groups is 1. The molecule has 0 radical (unpaired) electrons. The molecule has 0 bridgehead atoms. The molecule has 0 saturated heterocycles. The number of nitrogens with one attached hydrogen (secondary N) is 1. The van der Waals surface area contributed by atoms with Crippen LogP contribution in [0.25, 0.3) is 0 Å². The summed E-state index contributed by atoms with van der Waals surface area (Å²) >= 11 is 4.91. The van der Waals surface area contributed by atoms with E-state index in [1.165, 1.54) is 0 Å². The third-order valence-corrected chi connectivity index (χ3v) is 4.79. The molecule has 1 aromatic rings. The van der Waals surface area contributed by atoms with E-state index in [1.807, 2.05) is 11.4 Å². The Morgan fingerprint density at radius 2 is 2.41 bits per heavy atom. The van der Waals surface area contributed by atoms with Crippen molar-refractivity contribution in [3.63, 3.8) is 0 Å². The van der Waals surface area contributed by atoms with E-state index in [1.54, 1.807) is 18.4 Å². The predicted molar refractivity (Wildman–Crippen MR) is 73.6 cm³/mol. The lowest BCUT2D eigenvalue weighted by Gasteiger charge is -2.03. The fourth-order valence-electron chi connectivity index (χ4n) is 1.08. The number of carbonyl (C=O) groups excluding carboxylic acids is 1. The molecular formula is C10H14BrNO3S2. The van der Waals surface area contributed by atoms with Gasteiger partial charge in [-0.25, -0.2) is 0 Å². The van der Waals surface area contributed by atoms with Crippen LogP contribution in [0, 0.1) is 0 Å². The first kappa shape index (κ1) is 14.8. The standard InChI is InChI=1S/C10H14BrNO3S2/c1-15-2-3-17(14)7-10(13)12-5-9-4-8(11)6-16-9/h4,6H,2-3,5,7H2,1H3,(H,12,13)/t17-/m1/s1. The van der Waals surface area contributed by atoms with Crippen molar-refractivity contribution >= 4 is 44.0 Å². The summed E-state index contributed by atoms with van der Waals surface area (Å²) in [6.45, 7) is 0.897. The van der Waals surface area contributed by atoms with Gasteiger partial charge in [0.1, 0.15) is 5.75 Å². The molecule has 1 heterocycles. The average molecular weight is 340 g/mol. The van der Waals surface area contributed by atoms with Crippen LogP contribution in [0.5, 0.6) is 0 Å². The number of ether oxygens (including phenoxy) is 1. The van der Waals surface area contributed by atoms with Gasteiger partial charge in [0.25, 0.3) is 0 Å². The van der Waals surface area contributed by atoms with Crippen molar-refractivity contribution in [2.24, 2.45) is 0 Å².